The molecule has 1 aliphatic carbocycles. The average Bonchev–Trinajstić information content (AvgIpc) is 2.89. The third-order valence-corrected chi connectivity index (χ3v) is 5.08. The smallest absolute Gasteiger partial charge is 0.0731 e. The second-order valence-electron chi connectivity index (χ2n) is 5.86. The van der Waals surface area contributed by atoms with Crippen LogP contribution in [0.25, 0.3) is 0 Å². The Balaban J connectivity index is 1.75. The lowest BCUT2D eigenvalue weighted by Crippen LogP contribution is -2.50. The zero-order valence-electron chi connectivity index (χ0n) is 11.8. The topological polar surface area (TPSA) is 45.6 Å². The van der Waals surface area contributed by atoms with Crippen LogP contribution in [0.5, 0.6) is 0 Å². The van der Waals surface area contributed by atoms with Crippen molar-refractivity contribution in [2.45, 2.75) is 38.0 Å². The Morgan fingerprint density at radius 1 is 1.38 bits per heavy atom. The highest BCUT2D eigenvalue weighted by Crippen LogP contribution is 2.33. The van der Waals surface area contributed by atoms with Crippen LogP contribution in [-0.2, 0) is 11.3 Å². The molecule has 21 heavy (non-hydrogen) atoms. The maximum atomic E-state index is 10.2. The summed E-state index contributed by atoms with van der Waals surface area (Å²) in [5.41, 5.74) is 0.834. The van der Waals surface area contributed by atoms with Gasteiger partial charge in [-0.25, -0.2) is 0 Å². The van der Waals surface area contributed by atoms with Crippen LogP contribution in [0.2, 0.25) is 10.0 Å². The number of ether oxygens (including phenoxy) is 1. The molecular weight excluding hydrogens is 311 g/mol. The first-order valence-electron chi connectivity index (χ1n) is 7.45. The highest BCUT2D eigenvalue weighted by molar-refractivity contribution is 6.34. The normalized spacial score (nSPS) is 30.7. The summed E-state index contributed by atoms with van der Waals surface area (Å²) in [4.78, 5) is 6.68. The number of aliphatic hydroxyl groups is 1. The molecule has 1 aromatic heterocycles. The molecular formula is C15H20Cl2N2O2. The van der Waals surface area contributed by atoms with E-state index in [2.05, 4.69) is 9.88 Å². The van der Waals surface area contributed by atoms with Crippen LogP contribution in [0.15, 0.2) is 12.3 Å². The summed E-state index contributed by atoms with van der Waals surface area (Å²) in [7, 11) is 0. The number of morpholine rings is 1. The van der Waals surface area contributed by atoms with Crippen molar-refractivity contribution in [1.29, 1.82) is 0 Å². The summed E-state index contributed by atoms with van der Waals surface area (Å²) in [6, 6.07) is 1.97. The third-order valence-electron chi connectivity index (χ3n) is 4.54. The van der Waals surface area contributed by atoms with Crippen LogP contribution in [0.4, 0.5) is 0 Å². The maximum absolute atomic E-state index is 10.2. The fourth-order valence-electron chi connectivity index (χ4n) is 3.42. The first-order chi connectivity index (χ1) is 10.1. The predicted molar refractivity (Wildman–Crippen MR) is 82.6 cm³/mol. The minimum Gasteiger partial charge on any atom is -0.393 e. The van der Waals surface area contributed by atoms with Crippen molar-refractivity contribution in [3.8, 4) is 0 Å². The SMILES string of the molecule is O[C@@H]1CCC[C@@H]1[C@H]1COCCN1Cc1ncc(Cl)cc1Cl. The van der Waals surface area contributed by atoms with E-state index in [0.29, 0.717) is 29.8 Å². The Morgan fingerprint density at radius 2 is 2.24 bits per heavy atom. The van der Waals surface area contributed by atoms with Crippen LogP contribution in [0.1, 0.15) is 25.0 Å². The fourth-order valence-corrected chi connectivity index (χ4v) is 3.86. The Kier molecular flexibility index (Phi) is 5.02. The number of hydrogen-bond acceptors (Lipinski definition) is 4. The van der Waals surface area contributed by atoms with Gasteiger partial charge in [-0.15, -0.1) is 0 Å². The van der Waals surface area contributed by atoms with E-state index in [1.807, 2.05) is 0 Å². The molecule has 0 amide bonds. The number of rotatable bonds is 3. The van der Waals surface area contributed by atoms with E-state index < -0.39 is 0 Å². The van der Waals surface area contributed by atoms with E-state index in [9.17, 15) is 5.11 Å². The van der Waals surface area contributed by atoms with Crippen molar-refractivity contribution >= 4 is 23.2 Å². The van der Waals surface area contributed by atoms with Gasteiger partial charge in [-0.1, -0.05) is 29.6 Å². The lowest BCUT2D eigenvalue weighted by molar-refractivity contribution is -0.0540. The van der Waals surface area contributed by atoms with E-state index in [-0.39, 0.29) is 18.1 Å². The second-order valence-corrected chi connectivity index (χ2v) is 6.70. The molecule has 0 radical (unpaired) electrons. The molecule has 116 valence electrons. The summed E-state index contributed by atoms with van der Waals surface area (Å²) in [6.07, 6.45) is 4.47. The molecule has 1 saturated carbocycles. The quantitative estimate of drug-likeness (QED) is 0.925. The molecule has 3 rings (SSSR count). The first-order valence-corrected chi connectivity index (χ1v) is 8.20. The van der Waals surface area contributed by atoms with E-state index in [0.717, 1.165) is 31.5 Å². The van der Waals surface area contributed by atoms with Gasteiger partial charge in [-0.05, 0) is 18.9 Å². The Labute approximate surface area is 135 Å². The number of halogens is 2. The lowest BCUT2D eigenvalue weighted by Gasteiger charge is -2.40. The third kappa shape index (κ3) is 3.51. The van der Waals surface area contributed by atoms with E-state index in [1.54, 1.807) is 12.3 Å². The van der Waals surface area contributed by atoms with Gasteiger partial charge in [0, 0.05) is 31.2 Å². The minimum atomic E-state index is -0.215. The molecule has 0 aromatic carbocycles. The molecule has 0 spiro atoms. The number of aliphatic hydroxyl groups excluding tert-OH is 1. The summed E-state index contributed by atoms with van der Waals surface area (Å²) >= 11 is 12.1. The average molecular weight is 331 g/mol. The summed E-state index contributed by atoms with van der Waals surface area (Å²) in [5.74, 6) is 0.288. The number of pyridine rings is 1. The minimum absolute atomic E-state index is 0.215. The van der Waals surface area contributed by atoms with Crippen LogP contribution >= 0.6 is 23.2 Å². The van der Waals surface area contributed by atoms with Crippen molar-refractivity contribution in [3.63, 3.8) is 0 Å². The Hall–Kier alpha value is -0.390. The molecule has 1 aliphatic heterocycles. The monoisotopic (exact) mass is 330 g/mol. The zero-order valence-corrected chi connectivity index (χ0v) is 13.4. The standard InChI is InChI=1S/C15H20Cl2N2O2/c16-10-6-12(17)13(18-7-10)8-19-4-5-21-9-14(19)11-2-1-3-15(11)20/h6-7,11,14-15,20H,1-5,8-9H2/t11-,14-,15-/m1/s1. The molecule has 0 unspecified atom stereocenters. The molecule has 2 aliphatic rings. The Bertz CT molecular complexity index is 501. The number of hydrogen-bond donors (Lipinski definition) is 1. The van der Waals surface area contributed by atoms with Gasteiger partial charge in [0.25, 0.3) is 0 Å². The van der Waals surface area contributed by atoms with Gasteiger partial charge in [0.15, 0.2) is 0 Å². The van der Waals surface area contributed by atoms with Crippen molar-refractivity contribution in [3.05, 3.63) is 28.0 Å². The number of nitrogens with zero attached hydrogens (tertiary/aromatic N) is 2. The van der Waals surface area contributed by atoms with E-state index in [1.165, 1.54) is 0 Å². The molecule has 0 bridgehead atoms. The molecule has 2 fully saturated rings. The maximum Gasteiger partial charge on any atom is 0.0731 e. The summed E-state index contributed by atoms with van der Waals surface area (Å²) in [5, 5.41) is 11.3. The predicted octanol–water partition coefficient (Wildman–Crippen LogP) is 2.75. The molecule has 1 saturated heterocycles. The van der Waals surface area contributed by atoms with E-state index >= 15 is 0 Å². The first kappa shape index (κ1) is 15.5. The van der Waals surface area contributed by atoms with Gasteiger partial charge in [0.05, 0.1) is 35.1 Å². The van der Waals surface area contributed by atoms with Gasteiger partial charge < -0.3 is 9.84 Å². The van der Waals surface area contributed by atoms with Crippen molar-refractivity contribution in [2.24, 2.45) is 5.92 Å². The van der Waals surface area contributed by atoms with Gasteiger partial charge in [0.1, 0.15) is 0 Å². The van der Waals surface area contributed by atoms with Crippen LogP contribution in [0.3, 0.4) is 0 Å². The lowest BCUT2D eigenvalue weighted by atomic mass is 9.94. The zero-order chi connectivity index (χ0) is 14.8. The van der Waals surface area contributed by atoms with Gasteiger partial charge in [0.2, 0.25) is 0 Å². The van der Waals surface area contributed by atoms with Gasteiger partial charge >= 0.3 is 0 Å². The molecule has 6 heteroatoms. The number of aromatic nitrogens is 1. The van der Waals surface area contributed by atoms with Gasteiger partial charge in [-0.3, -0.25) is 9.88 Å². The largest absolute Gasteiger partial charge is 0.393 e. The van der Waals surface area contributed by atoms with Crippen molar-refractivity contribution in [1.82, 2.24) is 9.88 Å². The highest BCUT2D eigenvalue weighted by atomic mass is 35.5. The van der Waals surface area contributed by atoms with Crippen LogP contribution < -0.4 is 0 Å². The fraction of sp³-hybridized carbons (Fsp3) is 0.667. The van der Waals surface area contributed by atoms with Gasteiger partial charge in [-0.2, -0.15) is 0 Å². The van der Waals surface area contributed by atoms with Crippen molar-refractivity contribution in [2.75, 3.05) is 19.8 Å². The second kappa shape index (κ2) is 6.80. The molecule has 3 atom stereocenters. The van der Waals surface area contributed by atoms with E-state index in [4.69, 9.17) is 27.9 Å². The molecule has 4 nitrogen and oxygen atoms in total. The van der Waals surface area contributed by atoms with Crippen LogP contribution in [-0.4, -0.2) is 46.9 Å². The Morgan fingerprint density at radius 3 is 2.95 bits per heavy atom. The van der Waals surface area contributed by atoms with Crippen molar-refractivity contribution < 1.29 is 9.84 Å². The highest BCUT2D eigenvalue weighted by Gasteiger charge is 2.37. The molecule has 1 N–H and O–H groups in total. The van der Waals surface area contributed by atoms with Crippen LogP contribution in [0, 0.1) is 5.92 Å². The molecule has 1 aromatic rings. The molecule has 2 heterocycles. The summed E-state index contributed by atoms with van der Waals surface area (Å²) in [6.45, 7) is 2.90. The summed E-state index contributed by atoms with van der Waals surface area (Å²) < 4.78 is 5.63.